The highest BCUT2D eigenvalue weighted by atomic mass is 32.2. The number of rotatable bonds is 3. The first-order valence-electron chi connectivity index (χ1n) is 9.31. The van der Waals surface area contributed by atoms with E-state index >= 15 is 0 Å². The van der Waals surface area contributed by atoms with Crippen LogP contribution in [0.4, 0.5) is 0 Å². The molecule has 4 rings (SSSR count). The van der Waals surface area contributed by atoms with E-state index in [2.05, 4.69) is 0 Å². The number of ketones is 1. The van der Waals surface area contributed by atoms with E-state index in [0.717, 1.165) is 11.1 Å². The number of fused-ring (bicyclic) bond motifs is 3. The van der Waals surface area contributed by atoms with Gasteiger partial charge in [-0.2, -0.15) is 8.42 Å². The van der Waals surface area contributed by atoms with Crippen LogP contribution in [0.5, 0.6) is 0 Å². The van der Waals surface area contributed by atoms with Crippen molar-refractivity contribution < 1.29 is 26.9 Å². The van der Waals surface area contributed by atoms with Crippen molar-refractivity contribution in [2.75, 3.05) is 0 Å². The molecule has 1 heterocycles. The highest BCUT2D eigenvalue weighted by Crippen LogP contribution is 2.49. The molecule has 0 saturated carbocycles. The minimum absolute atomic E-state index is 0.0614. The Morgan fingerprint density at radius 3 is 2.46 bits per heavy atom. The molecule has 148 valence electrons. The van der Waals surface area contributed by atoms with Gasteiger partial charge in [-0.05, 0) is 38.5 Å². The highest BCUT2D eigenvalue weighted by molar-refractivity contribution is 7.86. The zero-order valence-electron chi connectivity index (χ0n) is 15.9. The highest BCUT2D eigenvalue weighted by Gasteiger charge is 2.55. The Labute approximate surface area is 164 Å². The van der Waals surface area contributed by atoms with E-state index in [1.165, 1.54) is 12.1 Å². The Morgan fingerprint density at radius 1 is 1.11 bits per heavy atom. The molecular weight excluding hydrogens is 380 g/mol. The minimum atomic E-state index is -4.02. The van der Waals surface area contributed by atoms with Gasteiger partial charge in [0.25, 0.3) is 10.1 Å². The summed E-state index contributed by atoms with van der Waals surface area (Å²) >= 11 is 0. The number of benzene rings is 1. The van der Waals surface area contributed by atoms with Crippen molar-refractivity contribution in [1.82, 2.24) is 0 Å². The standard InChI is InChI=1S/C21H22O6S/c1-11-9-15(22)17-12(2)10-16(19-13(3)21(23)26-20(19)18(11)17)27-28(24,25)14-7-5-4-6-8-14/h4-9,13,16,18-20H,10H2,1-3H3/t13-,16+,18-,19+,20-/m0/s1. The molecule has 0 aromatic heterocycles. The van der Waals surface area contributed by atoms with Crippen LogP contribution in [0.1, 0.15) is 27.2 Å². The van der Waals surface area contributed by atoms with Crippen LogP contribution in [0, 0.1) is 17.8 Å². The van der Waals surface area contributed by atoms with Crippen molar-refractivity contribution in [2.45, 2.75) is 44.3 Å². The third-order valence-electron chi connectivity index (χ3n) is 6.01. The van der Waals surface area contributed by atoms with Crippen molar-refractivity contribution in [1.29, 1.82) is 0 Å². The second-order valence-corrected chi connectivity index (χ2v) is 9.37. The summed E-state index contributed by atoms with van der Waals surface area (Å²) < 4.78 is 37.0. The molecule has 1 aromatic rings. The first-order valence-corrected chi connectivity index (χ1v) is 10.7. The molecule has 0 radical (unpaired) electrons. The smallest absolute Gasteiger partial charge is 0.309 e. The fourth-order valence-corrected chi connectivity index (χ4v) is 5.81. The molecule has 0 bridgehead atoms. The van der Waals surface area contributed by atoms with Crippen molar-refractivity contribution in [2.24, 2.45) is 17.8 Å². The molecule has 0 spiro atoms. The molecular formula is C21H22O6S. The van der Waals surface area contributed by atoms with Gasteiger partial charge in [0, 0.05) is 17.4 Å². The van der Waals surface area contributed by atoms with Gasteiger partial charge < -0.3 is 4.74 Å². The summed E-state index contributed by atoms with van der Waals surface area (Å²) in [5.41, 5.74) is 2.23. The maximum Gasteiger partial charge on any atom is 0.309 e. The first kappa shape index (κ1) is 19.1. The van der Waals surface area contributed by atoms with Gasteiger partial charge in [-0.15, -0.1) is 0 Å². The Kier molecular flexibility index (Phi) is 4.55. The summed E-state index contributed by atoms with van der Waals surface area (Å²) in [5, 5.41) is 0. The Bertz CT molecular complexity index is 1000. The lowest BCUT2D eigenvalue weighted by atomic mass is 9.80. The van der Waals surface area contributed by atoms with Gasteiger partial charge in [0.05, 0.1) is 16.9 Å². The number of carbonyl (C=O) groups excluding carboxylic acids is 2. The summed E-state index contributed by atoms with van der Waals surface area (Å²) in [6.07, 6.45) is 0.454. The number of hydrogen-bond acceptors (Lipinski definition) is 6. The van der Waals surface area contributed by atoms with E-state index in [1.807, 2.05) is 13.8 Å². The minimum Gasteiger partial charge on any atom is -0.461 e. The van der Waals surface area contributed by atoms with Crippen molar-refractivity contribution in [3.63, 3.8) is 0 Å². The predicted molar refractivity (Wildman–Crippen MR) is 101 cm³/mol. The van der Waals surface area contributed by atoms with Gasteiger partial charge in [-0.1, -0.05) is 36.3 Å². The maximum atomic E-state index is 12.8. The van der Waals surface area contributed by atoms with E-state index < -0.39 is 34.2 Å². The fraction of sp³-hybridized carbons (Fsp3) is 0.429. The van der Waals surface area contributed by atoms with Crippen molar-refractivity contribution in [3.8, 4) is 0 Å². The van der Waals surface area contributed by atoms with Gasteiger partial charge in [0.1, 0.15) is 6.10 Å². The van der Waals surface area contributed by atoms with E-state index in [-0.39, 0.29) is 29.0 Å². The zero-order valence-corrected chi connectivity index (χ0v) is 16.7. The van der Waals surface area contributed by atoms with Gasteiger partial charge in [0.2, 0.25) is 0 Å². The van der Waals surface area contributed by atoms with E-state index in [4.69, 9.17) is 8.92 Å². The molecule has 1 saturated heterocycles. The average molecular weight is 402 g/mol. The monoisotopic (exact) mass is 402 g/mol. The van der Waals surface area contributed by atoms with Crippen LogP contribution in [0.2, 0.25) is 0 Å². The molecule has 1 fully saturated rings. The largest absolute Gasteiger partial charge is 0.461 e. The molecule has 0 N–H and O–H groups in total. The van der Waals surface area contributed by atoms with Gasteiger partial charge in [-0.25, -0.2) is 0 Å². The lowest BCUT2D eigenvalue weighted by molar-refractivity contribution is -0.144. The Hall–Kier alpha value is -2.25. The van der Waals surface area contributed by atoms with Gasteiger partial charge in [-0.3, -0.25) is 13.8 Å². The van der Waals surface area contributed by atoms with Crippen LogP contribution < -0.4 is 0 Å². The zero-order chi connectivity index (χ0) is 20.2. The molecule has 3 aliphatic rings. The SMILES string of the molecule is CC1=CC(=O)C2=C(C)C[C@@H](OS(=O)(=O)c3ccccc3)[C@@H]3[C@@H](OC(=O)[C@H]3C)[C@@H]12. The molecule has 5 atom stereocenters. The van der Waals surface area contributed by atoms with Crippen LogP contribution in [-0.4, -0.2) is 32.4 Å². The van der Waals surface area contributed by atoms with Crippen LogP contribution in [0.3, 0.4) is 0 Å². The average Bonchev–Trinajstić information content (AvgIpc) is 3.05. The van der Waals surface area contributed by atoms with E-state index in [0.29, 0.717) is 5.57 Å². The number of ether oxygens (including phenoxy) is 1. The number of hydrogen-bond donors (Lipinski definition) is 0. The molecule has 2 aliphatic carbocycles. The molecule has 6 nitrogen and oxygen atoms in total. The van der Waals surface area contributed by atoms with Crippen LogP contribution in [0.15, 0.2) is 58.0 Å². The second kappa shape index (κ2) is 6.67. The summed E-state index contributed by atoms with van der Waals surface area (Å²) in [7, 11) is -4.02. The third kappa shape index (κ3) is 2.93. The van der Waals surface area contributed by atoms with Crippen molar-refractivity contribution in [3.05, 3.63) is 53.1 Å². The number of carbonyl (C=O) groups is 2. The van der Waals surface area contributed by atoms with E-state index in [1.54, 1.807) is 31.2 Å². The van der Waals surface area contributed by atoms with Gasteiger partial charge in [0.15, 0.2) is 5.78 Å². The number of allylic oxidation sites excluding steroid dienone is 1. The number of esters is 1. The molecule has 1 aromatic carbocycles. The van der Waals surface area contributed by atoms with Crippen LogP contribution >= 0.6 is 0 Å². The van der Waals surface area contributed by atoms with Gasteiger partial charge >= 0.3 is 5.97 Å². The van der Waals surface area contributed by atoms with Crippen molar-refractivity contribution >= 4 is 21.9 Å². The molecule has 0 unspecified atom stereocenters. The maximum absolute atomic E-state index is 12.8. The van der Waals surface area contributed by atoms with Crippen LogP contribution in [0.25, 0.3) is 0 Å². The summed E-state index contributed by atoms with van der Waals surface area (Å²) in [4.78, 5) is 24.9. The predicted octanol–water partition coefficient (Wildman–Crippen LogP) is 2.80. The topological polar surface area (TPSA) is 86.7 Å². The summed E-state index contributed by atoms with van der Waals surface area (Å²) in [6, 6.07) is 7.92. The molecule has 1 aliphatic heterocycles. The van der Waals surface area contributed by atoms with Crippen LogP contribution in [-0.2, 0) is 28.6 Å². The quantitative estimate of drug-likeness (QED) is 0.571. The summed E-state index contributed by atoms with van der Waals surface area (Å²) in [6.45, 7) is 5.40. The fourth-order valence-electron chi connectivity index (χ4n) is 4.69. The lowest BCUT2D eigenvalue weighted by Crippen LogP contribution is -2.38. The molecule has 7 heteroatoms. The van der Waals surface area contributed by atoms with E-state index in [9.17, 15) is 18.0 Å². The lowest BCUT2D eigenvalue weighted by Gasteiger charge is -2.29. The normalized spacial score (nSPS) is 32.5. The molecule has 0 amide bonds. The first-order chi connectivity index (χ1) is 13.2. The Morgan fingerprint density at radius 2 is 1.79 bits per heavy atom. The second-order valence-electron chi connectivity index (χ2n) is 7.80. The summed E-state index contributed by atoms with van der Waals surface area (Å²) in [5.74, 6) is -1.79. The Balaban J connectivity index is 1.76. The molecule has 28 heavy (non-hydrogen) atoms. The third-order valence-corrected chi connectivity index (χ3v) is 7.36.